The molecule has 28 heavy (non-hydrogen) atoms. The molecule has 4 rings (SSSR count). The van der Waals surface area contributed by atoms with E-state index in [-0.39, 0.29) is 5.91 Å². The molecule has 4 aromatic rings. The second-order valence-corrected chi connectivity index (χ2v) is 8.01. The molecule has 0 spiro atoms. The molecule has 2 aromatic carbocycles. The predicted molar refractivity (Wildman–Crippen MR) is 116 cm³/mol. The maximum Gasteiger partial charge on any atom is 0.256 e. The van der Waals surface area contributed by atoms with Crippen LogP contribution in [0, 0.1) is 6.92 Å². The SMILES string of the molecule is COc1ccc(Br)c(C(=O)Nc2cc(-c3nc4cccnc4s3)ccc2C)c1. The van der Waals surface area contributed by atoms with E-state index in [1.807, 2.05) is 37.3 Å². The van der Waals surface area contributed by atoms with E-state index >= 15 is 0 Å². The molecule has 0 radical (unpaired) electrons. The van der Waals surface area contributed by atoms with Crippen molar-refractivity contribution < 1.29 is 9.53 Å². The summed E-state index contributed by atoms with van der Waals surface area (Å²) in [7, 11) is 1.57. The van der Waals surface area contributed by atoms with E-state index in [0.29, 0.717) is 15.8 Å². The number of thiazole rings is 1. The largest absolute Gasteiger partial charge is 0.497 e. The van der Waals surface area contributed by atoms with Gasteiger partial charge >= 0.3 is 0 Å². The summed E-state index contributed by atoms with van der Waals surface area (Å²) in [6, 6.07) is 15.0. The Morgan fingerprint density at radius 2 is 2.04 bits per heavy atom. The first kappa shape index (κ1) is 18.6. The zero-order valence-corrected chi connectivity index (χ0v) is 17.6. The fourth-order valence-corrected chi connectivity index (χ4v) is 4.11. The standard InChI is InChI=1S/C21H16BrN3O2S/c1-12-5-6-13(20-25-17-4-3-9-23-21(17)28-20)10-18(12)24-19(26)15-11-14(27-2)7-8-16(15)22/h3-11H,1-2H3,(H,24,26). The Labute approximate surface area is 174 Å². The van der Waals surface area contributed by atoms with Crippen molar-refractivity contribution in [1.82, 2.24) is 9.97 Å². The lowest BCUT2D eigenvalue weighted by molar-refractivity contribution is 0.102. The number of ether oxygens (including phenoxy) is 1. The maximum atomic E-state index is 12.8. The molecule has 2 heterocycles. The van der Waals surface area contributed by atoms with Crippen molar-refractivity contribution in [3.05, 3.63) is 70.3 Å². The number of aryl methyl sites for hydroxylation is 1. The van der Waals surface area contributed by atoms with Gasteiger partial charge in [-0.25, -0.2) is 9.97 Å². The highest BCUT2D eigenvalue weighted by Crippen LogP contribution is 2.32. The molecule has 7 heteroatoms. The van der Waals surface area contributed by atoms with Crippen molar-refractivity contribution in [3.8, 4) is 16.3 Å². The number of hydrogen-bond acceptors (Lipinski definition) is 5. The van der Waals surface area contributed by atoms with Crippen LogP contribution in [0.4, 0.5) is 5.69 Å². The second-order valence-electron chi connectivity index (χ2n) is 6.18. The van der Waals surface area contributed by atoms with Crippen LogP contribution in [0.5, 0.6) is 5.75 Å². The van der Waals surface area contributed by atoms with Gasteiger partial charge in [0.25, 0.3) is 5.91 Å². The minimum Gasteiger partial charge on any atom is -0.497 e. The molecule has 2 aromatic heterocycles. The van der Waals surface area contributed by atoms with Gasteiger partial charge in [-0.2, -0.15) is 0 Å². The molecule has 0 unspecified atom stereocenters. The smallest absolute Gasteiger partial charge is 0.256 e. The number of nitrogens with zero attached hydrogens (tertiary/aromatic N) is 2. The second kappa shape index (κ2) is 7.69. The first-order valence-electron chi connectivity index (χ1n) is 8.52. The van der Waals surface area contributed by atoms with Gasteiger partial charge in [0.1, 0.15) is 21.1 Å². The number of fused-ring (bicyclic) bond motifs is 1. The van der Waals surface area contributed by atoms with Crippen LogP contribution in [0.25, 0.3) is 20.9 Å². The van der Waals surface area contributed by atoms with Crippen LogP contribution < -0.4 is 10.1 Å². The Hall–Kier alpha value is -2.77. The van der Waals surface area contributed by atoms with Crippen molar-refractivity contribution in [3.63, 3.8) is 0 Å². The molecule has 0 bridgehead atoms. The summed E-state index contributed by atoms with van der Waals surface area (Å²) in [5, 5.41) is 3.87. The topological polar surface area (TPSA) is 64.1 Å². The molecule has 0 fully saturated rings. The number of carbonyl (C=O) groups is 1. The first-order chi connectivity index (χ1) is 13.5. The summed E-state index contributed by atoms with van der Waals surface area (Å²) in [6.07, 6.45) is 1.76. The van der Waals surface area contributed by atoms with Gasteiger partial charge in [0.05, 0.1) is 12.7 Å². The Kier molecular flexibility index (Phi) is 5.11. The number of benzene rings is 2. The summed E-state index contributed by atoms with van der Waals surface area (Å²) in [5.74, 6) is 0.415. The minimum absolute atomic E-state index is 0.211. The number of aromatic nitrogens is 2. The van der Waals surface area contributed by atoms with Crippen molar-refractivity contribution in [2.75, 3.05) is 12.4 Å². The van der Waals surface area contributed by atoms with E-state index in [1.165, 1.54) is 11.3 Å². The van der Waals surface area contributed by atoms with Gasteiger partial charge in [-0.05, 0) is 64.8 Å². The Morgan fingerprint density at radius 3 is 2.82 bits per heavy atom. The fraction of sp³-hybridized carbons (Fsp3) is 0.0952. The maximum absolute atomic E-state index is 12.8. The molecule has 140 valence electrons. The molecule has 0 aliphatic rings. The van der Waals surface area contributed by atoms with Crippen LogP contribution in [0.3, 0.4) is 0 Å². The van der Waals surface area contributed by atoms with Gasteiger partial charge in [0.15, 0.2) is 0 Å². The van der Waals surface area contributed by atoms with Gasteiger partial charge in [-0.1, -0.05) is 23.5 Å². The van der Waals surface area contributed by atoms with Crippen LogP contribution in [0.2, 0.25) is 0 Å². The Balaban J connectivity index is 1.67. The van der Waals surface area contributed by atoms with Gasteiger partial charge in [0, 0.05) is 21.9 Å². The molecule has 0 aliphatic heterocycles. The zero-order chi connectivity index (χ0) is 19.7. The average Bonchev–Trinajstić information content (AvgIpc) is 3.14. The van der Waals surface area contributed by atoms with Gasteiger partial charge < -0.3 is 10.1 Å². The van der Waals surface area contributed by atoms with Crippen LogP contribution in [0.1, 0.15) is 15.9 Å². The molecule has 1 amide bonds. The Morgan fingerprint density at radius 1 is 1.18 bits per heavy atom. The lowest BCUT2D eigenvalue weighted by Crippen LogP contribution is -2.13. The minimum atomic E-state index is -0.211. The lowest BCUT2D eigenvalue weighted by atomic mass is 10.1. The average molecular weight is 454 g/mol. The van der Waals surface area contributed by atoms with Crippen LogP contribution >= 0.6 is 27.3 Å². The summed E-state index contributed by atoms with van der Waals surface area (Å²) in [5.41, 5.74) is 4.02. The number of amides is 1. The summed E-state index contributed by atoms with van der Waals surface area (Å²) < 4.78 is 5.93. The van der Waals surface area contributed by atoms with E-state index in [4.69, 9.17) is 4.74 Å². The molecule has 0 atom stereocenters. The highest BCUT2D eigenvalue weighted by molar-refractivity contribution is 9.10. The summed E-state index contributed by atoms with van der Waals surface area (Å²) in [6.45, 7) is 1.96. The van der Waals surface area contributed by atoms with Crippen molar-refractivity contribution >= 4 is 49.2 Å². The molecule has 0 saturated carbocycles. The first-order valence-corrected chi connectivity index (χ1v) is 10.1. The molecule has 0 aliphatic carbocycles. The third kappa shape index (κ3) is 3.63. The van der Waals surface area contributed by atoms with E-state index < -0.39 is 0 Å². The van der Waals surface area contributed by atoms with E-state index in [0.717, 1.165) is 32.2 Å². The molecule has 1 N–H and O–H groups in total. The highest BCUT2D eigenvalue weighted by Gasteiger charge is 2.14. The van der Waals surface area contributed by atoms with Crippen LogP contribution in [-0.2, 0) is 0 Å². The normalized spacial score (nSPS) is 10.8. The number of hydrogen-bond donors (Lipinski definition) is 1. The fourth-order valence-electron chi connectivity index (χ4n) is 2.78. The van der Waals surface area contributed by atoms with Crippen molar-refractivity contribution in [1.29, 1.82) is 0 Å². The van der Waals surface area contributed by atoms with Gasteiger partial charge in [-0.15, -0.1) is 0 Å². The summed E-state index contributed by atoms with van der Waals surface area (Å²) >= 11 is 4.96. The lowest BCUT2D eigenvalue weighted by Gasteiger charge is -2.12. The van der Waals surface area contributed by atoms with E-state index in [9.17, 15) is 4.79 Å². The third-order valence-corrected chi connectivity index (χ3v) is 6.04. The number of methoxy groups -OCH3 is 1. The third-order valence-electron chi connectivity index (χ3n) is 4.32. The van der Waals surface area contributed by atoms with Gasteiger partial charge in [-0.3, -0.25) is 4.79 Å². The zero-order valence-electron chi connectivity index (χ0n) is 15.2. The number of halogens is 1. The van der Waals surface area contributed by atoms with Gasteiger partial charge in [0.2, 0.25) is 0 Å². The predicted octanol–water partition coefficient (Wildman–Crippen LogP) is 5.69. The number of anilines is 1. The Bertz CT molecular complexity index is 1160. The van der Waals surface area contributed by atoms with Crippen LogP contribution in [0.15, 0.2) is 59.2 Å². The monoisotopic (exact) mass is 453 g/mol. The molecular formula is C21H16BrN3O2S. The quantitative estimate of drug-likeness (QED) is 0.430. The number of nitrogens with one attached hydrogen (secondary N) is 1. The van der Waals surface area contributed by atoms with Crippen LogP contribution in [-0.4, -0.2) is 23.0 Å². The van der Waals surface area contributed by atoms with Crippen molar-refractivity contribution in [2.45, 2.75) is 6.92 Å². The van der Waals surface area contributed by atoms with Crippen molar-refractivity contribution in [2.24, 2.45) is 0 Å². The molecular weight excluding hydrogens is 438 g/mol. The van der Waals surface area contributed by atoms with E-state index in [1.54, 1.807) is 31.5 Å². The number of pyridine rings is 1. The number of carbonyl (C=O) groups excluding carboxylic acids is 1. The summed E-state index contributed by atoms with van der Waals surface area (Å²) in [4.78, 5) is 22.7. The van der Waals surface area contributed by atoms with E-state index in [2.05, 4.69) is 31.2 Å². The molecule has 0 saturated heterocycles. The highest BCUT2D eigenvalue weighted by atomic mass is 79.9. The number of rotatable bonds is 4. The molecule has 5 nitrogen and oxygen atoms in total.